The van der Waals surface area contributed by atoms with E-state index >= 15 is 0 Å². The average Bonchev–Trinajstić information content (AvgIpc) is 4.00. The van der Waals surface area contributed by atoms with Gasteiger partial charge in [0.1, 0.15) is 0 Å². The molecule has 0 radical (unpaired) electrons. The molecule has 0 atom stereocenters. The molecule has 13 rings (SSSR count). The standard InChI is InChI=1S/C57H36N6/c1-5-18-37(19-6-1)55-58-56(38-20-7-2-8-21-38)60-57(59-55)47-29-17-28-44-45-34-35-50-52(54(45)63(53(44)47)40-24-11-4-12-25-40)46-27-14-16-31-49(46)62(50)41-32-33-43-42-26-13-15-30-48(42)61(51(43)36-41)39-22-9-3-10-23-39/h1-36H. The van der Waals surface area contributed by atoms with Gasteiger partial charge in [0.15, 0.2) is 17.5 Å². The normalized spacial score (nSPS) is 11.8. The highest BCUT2D eigenvalue weighted by Crippen LogP contribution is 2.45. The van der Waals surface area contributed by atoms with Crippen molar-refractivity contribution >= 4 is 65.4 Å². The summed E-state index contributed by atoms with van der Waals surface area (Å²) in [6.45, 7) is 0. The fraction of sp³-hybridized carbons (Fsp3) is 0. The van der Waals surface area contributed by atoms with Crippen LogP contribution in [0.3, 0.4) is 0 Å². The number of benzene rings is 9. The van der Waals surface area contributed by atoms with E-state index in [1.165, 1.54) is 27.1 Å². The average molecular weight is 805 g/mol. The fourth-order valence-electron chi connectivity index (χ4n) is 9.78. The van der Waals surface area contributed by atoms with Crippen LogP contribution in [-0.4, -0.2) is 28.7 Å². The Balaban J connectivity index is 1.13. The molecule has 0 saturated carbocycles. The Morgan fingerprint density at radius 3 is 1.41 bits per heavy atom. The molecule has 294 valence electrons. The van der Waals surface area contributed by atoms with Crippen LogP contribution in [0.2, 0.25) is 0 Å². The number of rotatable bonds is 6. The van der Waals surface area contributed by atoms with Crippen molar-refractivity contribution in [3.8, 4) is 51.2 Å². The number of nitrogens with zero attached hydrogens (tertiary/aromatic N) is 6. The van der Waals surface area contributed by atoms with Crippen LogP contribution in [0.25, 0.3) is 117 Å². The zero-order chi connectivity index (χ0) is 41.4. The lowest BCUT2D eigenvalue weighted by molar-refractivity contribution is 1.07. The Morgan fingerprint density at radius 2 is 0.746 bits per heavy atom. The number of fused-ring (bicyclic) bond motifs is 10. The maximum absolute atomic E-state index is 5.24. The van der Waals surface area contributed by atoms with Crippen LogP contribution in [0.4, 0.5) is 0 Å². The molecule has 0 unspecified atom stereocenters. The first-order valence-corrected chi connectivity index (χ1v) is 21.3. The first-order chi connectivity index (χ1) is 31.3. The van der Waals surface area contributed by atoms with Gasteiger partial charge in [0.05, 0.1) is 33.1 Å². The zero-order valence-electron chi connectivity index (χ0n) is 34.0. The monoisotopic (exact) mass is 804 g/mol. The Bertz CT molecular complexity index is 3830. The lowest BCUT2D eigenvalue weighted by Gasteiger charge is -2.13. The van der Waals surface area contributed by atoms with Crippen LogP contribution in [0.1, 0.15) is 0 Å². The molecule has 0 aliphatic heterocycles. The van der Waals surface area contributed by atoms with Gasteiger partial charge in [-0.25, -0.2) is 15.0 Å². The van der Waals surface area contributed by atoms with Crippen molar-refractivity contribution < 1.29 is 0 Å². The number of hydrogen-bond donors (Lipinski definition) is 0. The zero-order valence-corrected chi connectivity index (χ0v) is 34.0. The summed E-state index contributed by atoms with van der Waals surface area (Å²) in [5.41, 5.74) is 12.9. The van der Waals surface area contributed by atoms with Gasteiger partial charge in [0.25, 0.3) is 0 Å². The molecule has 4 aromatic heterocycles. The minimum Gasteiger partial charge on any atom is -0.309 e. The van der Waals surface area contributed by atoms with Gasteiger partial charge in [-0.1, -0.05) is 158 Å². The van der Waals surface area contributed by atoms with Crippen LogP contribution >= 0.6 is 0 Å². The fourth-order valence-corrected chi connectivity index (χ4v) is 9.78. The summed E-state index contributed by atoms with van der Waals surface area (Å²) in [5.74, 6) is 1.88. The van der Waals surface area contributed by atoms with Crippen molar-refractivity contribution in [3.63, 3.8) is 0 Å². The van der Waals surface area contributed by atoms with Gasteiger partial charge in [0.2, 0.25) is 0 Å². The molecule has 0 N–H and O–H groups in total. The van der Waals surface area contributed by atoms with E-state index in [4.69, 9.17) is 15.0 Å². The topological polar surface area (TPSA) is 53.5 Å². The van der Waals surface area contributed by atoms with Gasteiger partial charge < -0.3 is 13.7 Å². The summed E-state index contributed by atoms with van der Waals surface area (Å²) in [5, 5.41) is 7.11. The summed E-state index contributed by atoms with van der Waals surface area (Å²) in [6, 6.07) is 77.3. The highest BCUT2D eigenvalue weighted by molar-refractivity contribution is 6.27. The van der Waals surface area contributed by atoms with Crippen LogP contribution in [0.15, 0.2) is 218 Å². The summed E-state index contributed by atoms with van der Waals surface area (Å²) >= 11 is 0. The van der Waals surface area contributed by atoms with Crippen LogP contribution < -0.4 is 0 Å². The molecule has 0 saturated heterocycles. The first kappa shape index (κ1) is 35.2. The van der Waals surface area contributed by atoms with Gasteiger partial charge in [-0.3, -0.25) is 0 Å². The molecule has 6 nitrogen and oxygen atoms in total. The molecule has 0 aliphatic rings. The summed E-state index contributed by atoms with van der Waals surface area (Å²) in [6.07, 6.45) is 0. The summed E-state index contributed by atoms with van der Waals surface area (Å²) in [7, 11) is 0. The second-order valence-electron chi connectivity index (χ2n) is 16.0. The predicted molar refractivity (Wildman–Crippen MR) is 259 cm³/mol. The van der Waals surface area contributed by atoms with Gasteiger partial charge in [-0.15, -0.1) is 0 Å². The molecular weight excluding hydrogens is 769 g/mol. The van der Waals surface area contributed by atoms with Gasteiger partial charge in [-0.2, -0.15) is 0 Å². The lowest BCUT2D eigenvalue weighted by atomic mass is 10.1. The van der Waals surface area contributed by atoms with Crippen molar-refractivity contribution in [1.82, 2.24) is 28.7 Å². The molecular formula is C57H36N6. The van der Waals surface area contributed by atoms with Crippen LogP contribution in [-0.2, 0) is 0 Å². The Morgan fingerprint density at radius 1 is 0.270 bits per heavy atom. The lowest BCUT2D eigenvalue weighted by Crippen LogP contribution is -2.02. The second kappa shape index (κ2) is 14.0. The van der Waals surface area contributed by atoms with E-state index in [1.807, 2.05) is 36.4 Å². The van der Waals surface area contributed by atoms with Crippen molar-refractivity contribution in [2.45, 2.75) is 0 Å². The van der Waals surface area contributed by atoms with Gasteiger partial charge >= 0.3 is 0 Å². The van der Waals surface area contributed by atoms with E-state index in [-0.39, 0.29) is 0 Å². The van der Waals surface area contributed by atoms with E-state index in [9.17, 15) is 0 Å². The maximum Gasteiger partial charge on any atom is 0.166 e. The predicted octanol–water partition coefficient (Wildman–Crippen LogP) is 14.2. The van der Waals surface area contributed by atoms with Crippen molar-refractivity contribution in [2.75, 3.05) is 0 Å². The molecule has 0 fully saturated rings. The van der Waals surface area contributed by atoms with E-state index in [2.05, 4.69) is 196 Å². The van der Waals surface area contributed by atoms with E-state index in [0.717, 1.165) is 72.1 Å². The minimum atomic E-state index is 0.620. The molecule has 63 heavy (non-hydrogen) atoms. The molecule has 6 heteroatoms. The molecule has 4 heterocycles. The second-order valence-corrected chi connectivity index (χ2v) is 16.0. The molecule has 0 amide bonds. The third kappa shape index (κ3) is 5.41. The van der Waals surface area contributed by atoms with Crippen molar-refractivity contribution in [2.24, 2.45) is 0 Å². The molecule has 0 spiro atoms. The first-order valence-electron chi connectivity index (χ1n) is 21.3. The number of hydrogen-bond acceptors (Lipinski definition) is 3. The van der Waals surface area contributed by atoms with Crippen LogP contribution in [0.5, 0.6) is 0 Å². The maximum atomic E-state index is 5.24. The largest absolute Gasteiger partial charge is 0.309 e. The van der Waals surface area contributed by atoms with E-state index < -0.39 is 0 Å². The quantitative estimate of drug-likeness (QED) is 0.168. The Labute approximate surface area is 362 Å². The van der Waals surface area contributed by atoms with E-state index in [1.54, 1.807) is 0 Å². The highest BCUT2D eigenvalue weighted by Gasteiger charge is 2.25. The molecule has 0 aliphatic carbocycles. The number of aromatic nitrogens is 6. The SMILES string of the molecule is c1ccc(-c2nc(-c3ccccc3)nc(-c3cccc4c5ccc6c(c7ccccc7n6-c6ccc7c8ccccc8n(-c8ccccc8)c7c6)c5n(-c5ccccc5)c34)n2)cc1. The van der Waals surface area contributed by atoms with Crippen molar-refractivity contribution in [1.29, 1.82) is 0 Å². The minimum absolute atomic E-state index is 0.620. The molecule has 0 bridgehead atoms. The van der Waals surface area contributed by atoms with Gasteiger partial charge in [-0.05, 0) is 60.7 Å². The van der Waals surface area contributed by atoms with Crippen molar-refractivity contribution in [3.05, 3.63) is 218 Å². The molecule has 9 aromatic carbocycles. The number of para-hydroxylation sites is 5. The van der Waals surface area contributed by atoms with Crippen LogP contribution in [0, 0.1) is 0 Å². The smallest absolute Gasteiger partial charge is 0.166 e. The summed E-state index contributed by atoms with van der Waals surface area (Å²) < 4.78 is 7.26. The third-order valence-electron chi connectivity index (χ3n) is 12.5. The van der Waals surface area contributed by atoms with E-state index in [0.29, 0.717) is 17.5 Å². The summed E-state index contributed by atoms with van der Waals surface area (Å²) in [4.78, 5) is 15.5. The van der Waals surface area contributed by atoms with Gasteiger partial charge in [0, 0.05) is 66.1 Å². The molecule has 13 aromatic rings. The Hall–Kier alpha value is -8.61. The Kier molecular flexibility index (Phi) is 7.80. The highest BCUT2D eigenvalue weighted by atomic mass is 15.1. The third-order valence-corrected chi connectivity index (χ3v) is 12.5.